The van der Waals surface area contributed by atoms with Gasteiger partial charge in [-0.2, -0.15) is 0 Å². The Morgan fingerprint density at radius 1 is 0.593 bits per heavy atom. The van der Waals surface area contributed by atoms with Gasteiger partial charge < -0.3 is 0 Å². The van der Waals surface area contributed by atoms with Gasteiger partial charge >= 0.3 is 160 Å². The second-order valence-corrected chi connectivity index (χ2v) is 9.39. The van der Waals surface area contributed by atoms with Crippen molar-refractivity contribution in [2.24, 2.45) is 0 Å². The van der Waals surface area contributed by atoms with Gasteiger partial charge in [0.2, 0.25) is 0 Å². The van der Waals surface area contributed by atoms with E-state index < -0.39 is 20.6 Å². The Kier molecular flexibility index (Phi) is 3.72. The molecule has 1 heteroatoms. The molecule has 3 aromatic rings. The van der Waals surface area contributed by atoms with Gasteiger partial charge in [-0.1, -0.05) is 6.07 Å². The zero-order valence-corrected chi connectivity index (χ0v) is 17.9. The van der Waals surface area contributed by atoms with Gasteiger partial charge in [0, 0.05) is 4.11 Å². The molecule has 0 unspecified atom stereocenters. The van der Waals surface area contributed by atoms with Crippen molar-refractivity contribution in [3.05, 3.63) is 105 Å². The summed E-state index contributed by atoms with van der Waals surface area (Å²) < 4.78 is 70.7. The molecule has 0 aromatic heterocycles. The Labute approximate surface area is 184 Å². The van der Waals surface area contributed by atoms with E-state index >= 15 is 0 Å². The van der Waals surface area contributed by atoms with Gasteiger partial charge in [0.25, 0.3) is 0 Å². The first kappa shape index (κ1) is 11.3. The van der Waals surface area contributed by atoms with Crippen molar-refractivity contribution >= 4 is 15.4 Å². The van der Waals surface area contributed by atoms with Gasteiger partial charge in [-0.3, -0.25) is 0 Å². The van der Waals surface area contributed by atoms with E-state index in [9.17, 15) is 0 Å². The molecular formula is C26H30Ge. The molecule has 2 radical (unpaired) electrons. The van der Waals surface area contributed by atoms with Gasteiger partial charge in [-0.15, -0.1) is 0 Å². The van der Waals surface area contributed by atoms with Gasteiger partial charge in [0.05, 0.1) is 0 Å². The molecule has 138 valence electrons. The minimum atomic E-state index is -2.31. The molecule has 0 spiro atoms. The molecule has 0 N–H and O–H groups in total. The van der Waals surface area contributed by atoms with E-state index in [1.165, 1.54) is 0 Å². The van der Waals surface area contributed by atoms with Crippen LogP contribution in [0.2, 0.25) is 5.76 Å². The van der Waals surface area contributed by atoms with Crippen LogP contribution < -0.4 is 0 Å². The second kappa shape index (κ2) is 8.93. The Bertz CT molecular complexity index is 1220. The van der Waals surface area contributed by atoms with Crippen LogP contribution in [-0.2, 0) is 18.1 Å². The molecule has 0 amide bonds. The normalized spacial score (nSPS) is 17.3. The third kappa shape index (κ3) is 5.84. The van der Waals surface area contributed by atoms with Crippen LogP contribution in [0.5, 0.6) is 0 Å². The van der Waals surface area contributed by atoms with E-state index in [2.05, 4.69) is 5.76 Å². The monoisotopic (exact) mass is 425 g/mol. The Hall–Kier alpha value is -1.80. The summed E-state index contributed by atoms with van der Waals surface area (Å²) in [4.78, 5) is 0. The van der Waals surface area contributed by atoms with E-state index in [-0.39, 0.29) is 26.6 Å². The molecule has 0 saturated carbocycles. The second-order valence-electron chi connectivity index (χ2n) is 7.17. The molecule has 0 aliphatic carbocycles. The fourth-order valence-electron chi connectivity index (χ4n) is 3.57. The molecule has 0 atom stereocenters. The van der Waals surface area contributed by atoms with E-state index in [1.807, 2.05) is 25.1 Å². The first-order chi connectivity index (χ1) is 16.5. The first-order valence-electron chi connectivity index (χ1n) is 13.6. The van der Waals surface area contributed by atoms with Crippen molar-refractivity contribution in [1.82, 2.24) is 0 Å². The number of benzene rings is 3. The van der Waals surface area contributed by atoms with E-state index in [4.69, 9.17) is 12.3 Å². The van der Waals surface area contributed by atoms with Crippen LogP contribution in [-0.4, -0.2) is 15.4 Å². The van der Waals surface area contributed by atoms with Crippen LogP contribution in [0, 0.1) is 27.5 Å². The minimum absolute atomic E-state index is 0.191. The number of rotatable bonds is 6. The third-order valence-electron chi connectivity index (χ3n) is 4.44. The molecule has 0 fully saturated rings. The van der Waals surface area contributed by atoms with Crippen molar-refractivity contribution in [3.63, 3.8) is 0 Å². The molecule has 0 heterocycles. The van der Waals surface area contributed by atoms with Crippen molar-refractivity contribution in [2.75, 3.05) is 0 Å². The van der Waals surface area contributed by atoms with Crippen LogP contribution in [0.4, 0.5) is 0 Å². The summed E-state index contributed by atoms with van der Waals surface area (Å²) in [5, 5.41) is 0.886. The quantitative estimate of drug-likeness (QED) is 0.405. The summed E-state index contributed by atoms with van der Waals surface area (Å²) in [5.74, 6) is 2.16. The van der Waals surface area contributed by atoms with E-state index in [0.717, 1.165) is 38.6 Å². The van der Waals surface area contributed by atoms with Gasteiger partial charge in [0.1, 0.15) is 0 Å². The van der Waals surface area contributed by atoms with Crippen LogP contribution in [0.3, 0.4) is 0 Å². The fraction of sp³-hybridized carbons (Fsp3) is 0.308. The summed E-state index contributed by atoms with van der Waals surface area (Å²) >= 11 is -0.191. The van der Waals surface area contributed by atoms with Crippen LogP contribution >= 0.6 is 0 Å². The maximum atomic E-state index is 7.97. The fourth-order valence-corrected chi connectivity index (χ4v) is 4.86. The summed E-state index contributed by atoms with van der Waals surface area (Å²) in [7, 11) is 0. The van der Waals surface area contributed by atoms with E-state index in [1.54, 1.807) is 36.4 Å². The molecule has 0 saturated heterocycles. The standard InChI is InChI=1S/C26H30Ge/c1-18-6-19(2)8-22(7-18)13-23-9-20(3)10-24(14-23)15-25-11-21(4)12-26(16-25)17-27-5/h6-12,14,16H,13,15,17H2,1-5H3/i1D3,3D3,4D3. The predicted octanol–water partition coefficient (Wildman–Crippen LogP) is 6.35. The van der Waals surface area contributed by atoms with E-state index in [0.29, 0.717) is 18.4 Å². The molecule has 3 aromatic carbocycles. The van der Waals surface area contributed by atoms with Crippen LogP contribution in [0.1, 0.15) is 62.4 Å². The van der Waals surface area contributed by atoms with Crippen molar-refractivity contribution < 1.29 is 12.3 Å². The van der Waals surface area contributed by atoms with Crippen LogP contribution in [0.15, 0.2) is 54.6 Å². The van der Waals surface area contributed by atoms with Gasteiger partial charge in [-0.25, -0.2) is 0 Å². The molecule has 0 bridgehead atoms. The average Bonchev–Trinajstić information content (AvgIpc) is 2.71. The number of hydrogen-bond acceptors (Lipinski definition) is 0. The molecule has 0 aliphatic heterocycles. The zero-order chi connectivity index (χ0) is 26.9. The molecular weight excluding hydrogens is 385 g/mol. The predicted molar refractivity (Wildman–Crippen MR) is 119 cm³/mol. The average molecular weight is 424 g/mol. The van der Waals surface area contributed by atoms with Crippen molar-refractivity contribution in [2.45, 2.75) is 51.3 Å². The Morgan fingerprint density at radius 2 is 1.00 bits per heavy atom. The topological polar surface area (TPSA) is 0 Å². The third-order valence-corrected chi connectivity index (χ3v) is 6.04. The van der Waals surface area contributed by atoms with Gasteiger partial charge in [-0.05, 0) is 13.8 Å². The van der Waals surface area contributed by atoms with Crippen molar-refractivity contribution in [3.8, 4) is 0 Å². The number of hydrogen-bond donors (Lipinski definition) is 0. The molecule has 0 nitrogen and oxygen atoms in total. The summed E-state index contributed by atoms with van der Waals surface area (Å²) in [6.07, 6.45) is 0.801. The zero-order valence-electron chi connectivity index (χ0n) is 24.8. The Morgan fingerprint density at radius 3 is 1.52 bits per heavy atom. The molecule has 3 rings (SSSR count). The first-order valence-corrected chi connectivity index (χ1v) is 12.6. The summed E-state index contributed by atoms with van der Waals surface area (Å²) in [6.45, 7) is -4.90. The SMILES string of the molecule is [2H]C([2H])([2H])c1cc(C)cc(Cc2cc(Cc3cc([CH2][Ge][CH3])cc(C([2H])([2H])[2H])c3)cc(C([2H])([2H])[2H])c2)c1. The summed E-state index contributed by atoms with van der Waals surface area (Å²) in [5.41, 5.74) is 5.81. The van der Waals surface area contributed by atoms with Crippen molar-refractivity contribution in [1.29, 1.82) is 0 Å². The number of aryl methyl sites for hydroxylation is 4. The molecule has 27 heavy (non-hydrogen) atoms. The maximum absolute atomic E-state index is 7.97. The molecule has 0 aliphatic rings. The van der Waals surface area contributed by atoms with Crippen LogP contribution in [0.25, 0.3) is 0 Å². The summed E-state index contributed by atoms with van der Waals surface area (Å²) in [6, 6.07) is 15.9. The van der Waals surface area contributed by atoms with Gasteiger partial charge in [0.15, 0.2) is 0 Å². The Balaban J connectivity index is 2.04.